The second-order valence-corrected chi connectivity index (χ2v) is 5.39. The largest absolute Gasteiger partial charge is 0.454 e. The van der Waals surface area contributed by atoms with E-state index in [2.05, 4.69) is 21.2 Å². The molecule has 0 atom stereocenters. The van der Waals surface area contributed by atoms with Crippen LogP contribution >= 0.6 is 27.5 Å². The molecule has 3 rings (SSSR count). The van der Waals surface area contributed by atoms with E-state index < -0.39 is 0 Å². The van der Waals surface area contributed by atoms with E-state index in [1.165, 1.54) is 0 Å². The third kappa shape index (κ3) is 2.65. The zero-order valence-corrected chi connectivity index (χ0v) is 12.3. The Hall–Kier alpha value is -1.39. The van der Waals surface area contributed by atoms with Gasteiger partial charge in [-0.15, -0.1) is 0 Å². The highest BCUT2D eigenvalue weighted by Gasteiger charge is 2.16. The van der Waals surface area contributed by atoms with Gasteiger partial charge in [-0.25, -0.2) is 0 Å². The van der Waals surface area contributed by atoms with Gasteiger partial charge < -0.3 is 14.8 Å². The van der Waals surface area contributed by atoms with Crippen molar-refractivity contribution in [3.8, 4) is 11.5 Å². The van der Waals surface area contributed by atoms with Crippen LogP contribution in [0.4, 0.5) is 5.69 Å². The first-order chi connectivity index (χ1) is 9.24. The smallest absolute Gasteiger partial charge is 0.231 e. The third-order valence-electron chi connectivity index (χ3n) is 2.88. The van der Waals surface area contributed by atoms with Gasteiger partial charge in [0.2, 0.25) is 6.79 Å². The summed E-state index contributed by atoms with van der Waals surface area (Å²) >= 11 is 9.37. The molecule has 0 aliphatic carbocycles. The monoisotopic (exact) mass is 339 g/mol. The molecule has 5 heteroatoms. The molecule has 1 aliphatic rings. The van der Waals surface area contributed by atoms with Crippen molar-refractivity contribution >= 4 is 33.2 Å². The Kier molecular flexibility index (Phi) is 3.53. The average Bonchev–Trinajstić information content (AvgIpc) is 2.89. The first kappa shape index (κ1) is 12.6. The van der Waals surface area contributed by atoms with E-state index in [4.69, 9.17) is 21.1 Å². The molecule has 3 nitrogen and oxygen atoms in total. The van der Waals surface area contributed by atoms with Crippen molar-refractivity contribution in [2.24, 2.45) is 0 Å². The molecule has 0 radical (unpaired) electrons. The highest BCUT2D eigenvalue weighted by Crippen LogP contribution is 2.35. The summed E-state index contributed by atoms with van der Waals surface area (Å²) in [5.74, 6) is 1.62. The Balaban J connectivity index is 1.76. The maximum atomic E-state index is 5.96. The summed E-state index contributed by atoms with van der Waals surface area (Å²) < 4.78 is 11.7. The number of fused-ring (bicyclic) bond motifs is 1. The van der Waals surface area contributed by atoms with Crippen LogP contribution in [-0.4, -0.2) is 6.79 Å². The molecule has 2 aromatic carbocycles. The fraction of sp³-hybridized carbons (Fsp3) is 0.143. The standard InChI is InChI=1S/C14H11BrClNO2/c15-11-6-10(4-5-12(11)16)17-7-9-2-1-3-13-14(9)19-8-18-13/h1-6,17H,7-8H2. The second-order valence-electron chi connectivity index (χ2n) is 4.13. The van der Waals surface area contributed by atoms with Gasteiger partial charge in [-0.05, 0) is 40.2 Å². The van der Waals surface area contributed by atoms with E-state index in [-0.39, 0.29) is 0 Å². The van der Waals surface area contributed by atoms with Crippen LogP contribution in [0.1, 0.15) is 5.56 Å². The average molecular weight is 341 g/mol. The Morgan fingerprint density at radius 1 is 1.21 bits per heavy atom. The summed E-state index contributed by atoms with van der Waals surface area (Å²) in [7, 11) is 0. The molecule has 0 bridgehead atoms. The van der Waals surface area contributed by atoms with Crippen LogP contribution in [0, 0.1) is 0 Å². The number of benzene rings is 2. The number of anilines is 1. The summed E-state index contributed by atoms with van der Waals surface area (Å²) in [6, 6.07) is 11.6. The normalized spacial score (nSPS) is 12.5. The molecule has 19 heavy (non-hydrogen) atoms. The van der Waals surface area contributed by atoms with Crippen LogP contribution in [-0.2, 0) is 6.54 Å². The molecule has 0 fully saturated rings. The van der Waals surface area contributed by atoms with E-state index in [1.54, 1.807) is 0 Å². The molecule has 0 aromatic heterocycles. The van der Waals surface area contributed by atoms with Gasteiger partial charge in [-0.3, -0.25) is 0 Å². The maximum Gasteiger partial charge on any atom is 0.231 e. The van der Waals surface area contributed by atoms with Crippen molar-refractivity contribution < 1.29 is 9.47 Å². The van der Waals surface area contributed by atoms with Crippen LogP contribution in [0.5, 0.6) is 11.5 Å². The van der Waals surface area contributed by atoms with Gasteiger partial charge >= 0.3 is 0 Å². The van der Waals surface area contributed by atoms with Crippen LogP contribution in [0.3, 0.4) is 0 Å². The molecule has 0 spiro atoms. The number of para-hydroxylation sites is 1. The molecule has 1 heterocycles. The number of nitrogens with one attached hydrogen (secondary N) is 1. The van der Waals surface area contributed by atoms with Crippen molar-refractivity contribution in [1.29, 1.82) is 0 Å². The lowest BCUT2D eigenvalue weighted by Gasteiger charge is -2.09. The van der Waals surface area contributed by atoms with Crippen molar-refractivity contribution in [3.63, 3.8) is 0 Å². The number of ether oxygens (including phenoxy) is 2. The van der Waals surface area contributed by atoms with Crippen molar-refractivity contribution in [1.82, 2.24) is 0 Å². The van der Waals surface area contributed by atoms with Gasteiger partial charge in [0.15, 0.2) is 11.5 Å². The van der Waals surface area contributed by atoms with Crippen LogP contribution in [0.15, 0.2) is 40.9 Å². The van der Waals surface area contributed by atoms with E-state index >= 15 is 0 Å². The molecule has 98 valence electrons. The Morgan fingerprint density at radius 3 is 2.95 bits per heavy atom. The number of hydrogen-bond acceptors (Lipinski definition) is 3. The number of hydrogen-bond donors (Lipinski definition) is 1. The van der Waals surface area contributed by atoms with Gasteiger partial charge in [0.05, 0.1) is 5.02 Å². The van der Waals surface area contributed by atoms with Gasteiger partial charge in [0.1, 0.15) is 0 Å². The molecule has 1 N–H and O–H groups in total. The minimum absolute atomic E-state index is 0.291. The van der Waals surface area contributed by atoms with Crippen LogP contribution < -0.4 is 14.8 Å². The van der Waals surface area contributed by atoms with Gasteiger partial charge in [-0.2, -0.15) is 0 Å². The minimum Gasteiger partial charge on any atom is -0.454 e. The predicted molar refractivity (Wildman–Crippen MR) is 79.0 cm³/mol. The lowest BCUT2D eigenvalue weighted by atomic mass is 10.2. The van der Waals surface area contributed by atoms with Crippen molar-refractivity contribution in [2.75, 3.05) is 12.1 Å². The summed E-state index contributed by atoms with van der Waals surface area (Å²) in [6.45, 7) is 0.958. The quantitative estimate of drug-likeness (QED) is 0.896. The summed E-state index contributed by atoms with van der Waals surface area (Å²) in [6.07, 6.45) is 0. The van der Waals surface area contributed by atoms with Gasteiger partial charge in [0.25, 0.3) is 0 Å². The SMILES string of the molecule is Clc1ccc(NCc2cccc3c2OCO3)cc1Br. The van der Waals surface area contributed by atoms with E-state index in [9.17, 15) is 0 Å². The molecule has 2 aromatic rings. The van der Waals surface area contributed by atoms with Gasteiger partial charge in [-0.1, -0.05) is 23.7 Å². The summed E-state index contributed by atoms with van der Waals surface area (Å²) in [5, 5.41) is 4.03. The molecule has 0 unspecified atom stereocenters. The summed E-state index contributed by atoms with van der Waals surface area (Å²) in [4.78, 5) is 0. The topological polar surface area (TPSA) is 30.5 Å². The molecule has 1 aliphatic heterocycles. The molecule has 0 saturated heterocycles. The fourth-order valence-electron chi connectivity index (χ4n) is 1.93. The van der Waals surface area contributed by atoms with Crippen molar-refractivity contribution in [3.05, 3.63) is 51.5 Å². The molecule has 0 amide bonds. The molecular formula is C14H11BrClNO2. The highest BCUT2D eigenvalue weighted by atomic mass is 79.9. The second kappa shape index (κ2) is 5.31. The first-order valence-electron chi connectivity index (χ1n) is 5.80. The lowest BCUT2D eigenvalue weighted by molar-refractivity contribution is 0.173. The molecule has 0 saturated carbocycles. The van der Waals surface area contributed by atoms with Crippen LogP contribution in [0.25, 0.3) is 0 Å². The number of rotatable bonds is 3. The molecular weight excluding hydrogens is 330 g/mol. The zero-order chi connectivity index (χ0) is 13.2. The third-order valence-corrected chi connectivity index (χ3v) is 4.09. The maximum absolute atomic E-state index is 5.96. The van der Waals surface area contributed by atoms with Crippen LogP contribution in [0.2, 0.25) is 5.02 Å². The first-order valence-corrected chi connectivity index (χ1v) is 6.97. The Bertz CT molecular complexity index is 618. The predicted octanol–water partition coefficient (Wildman–Crippen LogP) is 4.44. The van der Waals surface area contributed by atoms with E-state index in [0.717, 1.165) is 27.2 Å². The van der Waals surface area contributed by atoms with Gasteiger partial charge in [0, 0.05) is 22.3 Å². The van der Waals surface area contributed by atoms with E-state index in [0.29, 0.717) is 18.4 Å². The lowest BCUT2D eigenvalue weighted by Crippen LogP contribution is -2.01. The Labute approximate surface area is 124 Å². The highest BCUT2D eigenvalue weighted by molar-refractivity contribution is 9.10. The fourth-order valence-corrected chi connectivity index (χ4v) is 2.43. The Morgan fingerprint density at radius 2 is 2.11 bits per heavy atom. The number of halogens is 2. The van der Waals surface area contributed by atoms with E-state index in [1.807, 2.05) is 36.4 Å². The van der Waals surface area contributed by atoms with Crippen molar-refractivity contribution in [2.45, 2.75) is 6.54 Å². The zero-order valence-electron chi connectivity index (χ0n) is 9.95. The summed E-state index contributed by atoms with van der Waals surface area (Å²) in [5.41, 5.74) is 2.06. The minimum atomic E-state index is 0.291.